The van der Waals surface area contributed by atoms with E-state index < -0.39 is 29.2 Å². The molecule has 0 bridgehead atoms. The van der Waals surface area contributed by atoms with Crippen LogP contribution in [-0.4, -0.2) is 44.2 Å². The number of carboxylic acids is 1. The number of aliphatic hydroxyl groups is 3. The first kappa shape index (κ1) is 25.1. The van der Waals surface area contributed by atoms with Gasteiger partial charge in [0.25, 0.3) is 0 Å². The van der Waals surface area contributed by atoms with Crippen LogP contribution in [0, 0.1) is 5.41 Å². The fourth-order valence-corrected chi connectivity index (χ4v) is 2.74. The normalized spacial score (nSPS) is 17.2. The second-order valence-corrected chi connectivity index (χ2v) is 8.37. The molecule has 0 saturated heterocycles. The number of hydrogen-bond donors (Lipinski definition) is 4. The first-order chi connectivity index (χ1) is 12.0. The molecule has 26 heavy (non-hydrogen) atoms. The van der Waals surface area contributed by atoms with Crippen LogP contribution < -0.4 is 0 Å². The van der Waals surface area contributed by atoms with Crippen LogP contribution in [0.1, 0.15) is 91.9 Å². The summed E-state index contributed by atoms with van der Waals surface area (Å²) in [6.45, 7) is 7.09. The number of hydrogen-bond acceptors (Lipinski definition) is 4. The highest BCUT2D eigenvalue weighted by atomic mass is 16.4. The predicted octanol–water partition coefficient (Wildman–Crippen LogP) is 4.05. The van der Waals surface area contributed by atoms with E-state index in [0.717, 1.165) is 12.8 Å². The average Bonchev–Trinajstić information content (AvgIpc) is 2.56. The maximum absolute atomic E-state index is 11.1. The highest BCUT2D eigenvalue weighted by Crippen LogP contribution is 2.24. The summed E-state index contributed by atoms with van der Waals surface area (Å²) in [5.74, 6) is -0.924. The zero-order valence-electron chi connectivity index (χ0n) is 17.1. The number of aliphatic carboxylic acids is 1. The first-order valence-electron chi connectivity index (χ1n) is 10.0. The van der Waals surface area contributed by atoms with Crippen molar-refractivity contribution in [2.24, 2.45) is 5.41 Å². The molecule has 0 radical (unpaired) electrons. The van der Waals surface area contributed by atoms with Crippen molar-refractivity contribution in [3.05, 3.63) is 12.2 Å². The molecule has 0 rings (SSSR count). The Morgan fingerprint density at radius 3 is 2.04 bits per heavy atom. The molecule has 5 heteroatoms. The van der Waals surface area contributed by atoms with Crippen LogP contribution in [0.15, 0.2) is 12.2 Å². The number of carbonyl (C=O) groups is 1. The third-order valence-corrected chi connectivity index (χ3v) is 4.98. The van der Waals surface area contributed by atoms with Crippen molar-refractivity contribution in [1.29, 1.82) is 0 Å². The lowest BCUT2D eigenvalue weighted by Gasteiger charge is -2.23. The quantitative estimate of drug-likeness (QED) is 0.257. The van der Waals surface area contributed by atoms with E-state index in [-0.39, 0.29) is 12.8 Å². The molecule has 0 aromatic carbocycles. The lowest BCUT2D eigenvalue weighted by molar-refractivity contribution is -0.147. The molecule has 0 amide bonds. The van der Waals surface area contributed by atoms with Crippen molar-refractivity contribution < 1.29 is 25.2 Å². The fourth-order valence-electron chi connectivity index (χ4n) is 2.74. The molecule has 0 aromatic heterocycles. The van der Waals surface area contributed by atoms with Crippen molar-refractivity contribution in [1.82, 2.24) is 0 Å². The minimum absolute atomic E-state index is 0.185. The van der Waals surface area contributed by atoms with Crippen LogP contribution in [0.4, 0.5) is 0 Å². The summed E-state index contributed by atoms with van der Waals surface area (Å²) in [4.78, 5) is 11.1. The van der Waals surface area contributed by atoms with E-state index in [2.05, 4.69) is 6.92 Å². The molecular weight excluding hydrogens is 332 g/mol. The summed E-state index contributed by atoms with van der Waals surface area (Å²) in [6.07, 6.45) is 10.1. The smallest absolute Gasteiger partial charge is 0.309 e. The van der Waals surface area contributed by atoms with Gasteiger partial charge in [0, 0.05) is 0 Å². The second-order valence-electron chi connectivity index (χ2n) is 8.37. The topological polar surface area (TPSA) is 98.0 Å². The van der Waals surface area contributed by atoms with Crippen molar-refractivity contribution >= 4 is 5.97 Å². The molecule has 3 atom stereocenters. The Hall–Kier alpha value is -0.910. The van der Waals surface area contributed by atoms with E-state index in [1.54, 1.807) is 26.8 Å². The molecule has 0 aliphatic heterocycles. The van der Waals surface area contributed by atoms with E-state index in [0.29, 0.717) is 6.42 Å². The molecular formula is C21H40O5. The van der Waals surface area contributed by atoms with E-state index in [9.17, 15) is 20.1 Å². The minimum atomic E-state index is -1.11. The number of rotatable bonds is 15. The highest BCUT2D eigenvalue weighted by Gasteiger charge is 2.29. The SMILES string of the molecule is CCCCCCCCCC(C)(O)/C=C/C(O)C(O)CCC(C)(C)C(=O)O. The van der Waals surface area contributed by atoms with Crippen molar-refractivity contribution in [2.75, 3.05) is 0 Å². The molecule has 4 N–H and O–H groups in total. The van der Waals surface area contributed by atoms with Crippen LogP contribution >= 0.6 is 0 Å². The summed E-state index contributed by atoms with van der Waals surface area (Å²) < 4.78 is 0. The van der Waals surface area contributed by atoms with Crippen LogP contribution in [0.3, 0.4) is 0 Å². The zero-order chi connectivity index (χ0) is 20.2. The van der Waals surface area contributed by atoms with E-state index >= 15 is 0 Å². The minimum Gasteiger partial charge on any atom is -0.481 e. The Labute approximate surface area is 159 Å². The predicted molar refractivity (Wildman–Crippen MR) is 105 cm³/mol. The van der Waals surface area contributed by atoms with Gasteiger partial charge in [-0.1, -0.05) is 64.0 Å². The molecule has 0 fully saturated rings. The van der Waals surface area contributed by atoms with Crippen molar-refractivity contribution in [2.45, 2.75) is 110 Å². The van der Waals surface area contributed by atoms with E-state index in [4.69, 9.17) is 5.11 Å². The first-order valence-corrected chi connectivity index (χ1v) is 10.0. The molecule has 0 aromatic rings. The number of carboxylic acid groups (broad SMARTS) is 1. The van der Waals surface area contributed by atoms with Gasteiger partial charge in [-0.05, 0) is 40.0 Å². The van der Waals surface area contributed by atoms with Gasteiger partial charge in [0.2, 0.25) is 0 Å². The molecule has 154 valence electrons. The zero-order valence-corrected chi connectivity index (χ0v) is 17.1. The Morgan fingerprint density at radius 2 is 1.50 bits per heavy atom. The summed E-state index contributed by atoms with van der Waals surface area (Å²) in [7, 11) is 0. The van der Waals surface area contributed by atoms with Gasteiger partial charge < -0.3 is 20.4 Å². The molecule has 3 unspecified atom stereocenters. The third-order valence-electron chi connectivity index (χ3n) is 4.98. The van der Waals surface area contributed by atoms with Crippen LogP contribution in [-0.2, 0) is 4.79 Å². The Balaban J connectivity index is 4.17. The van der Waals surface area contributed by atoms with Gasteiger partial charge in [0.15, 0.2) is 0 Å². The summed E-state index contributed by atoms with van der Waals surface area (Å²) in [5, 5.41) is 39.4. The molecule has 0 saturated carbocycles. The van der Waals surface area contributed by atoms with E-state index in [1.807, 2.05) is 0 Å². The second kappa shape index (κ2) is 12.5. The van der Waals surface area contributed by atoms with Gasteiger partial charge in [-0.15, -0.1) is 0 Å². The molecule has 0 aliphatic rings. The average molecular weight is 373 g/mol. The maximum Gasteiger partial charge on any atom is 0.309 e. The number of unbranched alkanes of at least 4 members (excludes halogenated alkanes) is 6. The molecule has 0 spiro atoms. The lowest BCUT2D eigenvalue weighted by atomic mass is 9.86. The van der Waals surface area contributed by atoms with Gasteiger partial charge in [-0.2, -0.15) is 0 Å². The van der Waals surface area contributed by atoms with Gasteiger partial charge in [0.05, 0.1) is 23.2 Å². The molecule has 5 nitrogen and oxygen atoms in total. The van der Waals surface area contributed by atoms with Gasteiger partial charge in [0.1, 0.15) is 0 Å². The Morgan fingerprint density at radius 1 is 0.962 bits per heavy atom. The summed E-state index contributed by atoms with van der Waals surface area (Å²) in [5.41, 5.74) is -1.95. The van der Waals surface area contributed by atoms with Crippen molar-refractivity contribution in [3.8, 4) is 0 Å². The van der Waals surface area contributed by atoms with Crippen LogP contribution in [0.2, 0.25) is 0 Å². The van der Waals surface area contributed by atoms with Gasteiger partial charge >= 0.3 is 5.97 Å². The van der Waals surface area contributed by atoms with E-state index in [1.165, 1.54) is 38.2 Å². The maximum atomic E-state index is 11.1. The van der Waals surface area contributed by atoms with Crippen molar-refractivity contribution in [3.63, 3.8) is 0 Å². The molecule has 0 heterocycles. The Bertz CT molecular complexity index is 415. The Kier molecular flexibility index (Phi) is 12.0. The van der Waals surface area contributed by atoms with Gasteiger partial charge in [-0.25, -0.2) is 0 Å². The monoisotopic (exact) mass is 372 g/mol. The summed E-state index contributed by atoms with van der Waals surface area (Å²) in [6, 6.07) is 0. The fraction of sp³-hybridized carbons (Fsp3) is 0.857. The third kappa shape index (κ3) is 11.7. The van der Waals surface area contributed by atoms with Gasteiger partial charge in [-0.3, -0.25) is 4.79 Å². The summed E-state index contributed by atoms with van der Waals surface area (Å²) >= 11 is 0. The standard InChI is InChI=1S/C21H40O5/c1-5-6-7-8-9-10-11-14-21(4,26)16-13-18(23)17(22)12-15-20(2,3)19(24)25/h13,16-18,22-23,26H,5-12,14-15H2,1-4H3,(H,24,25)/b16-13+. The molecule has 0 aliphatic carbocycles. The lowest BCUT2D eigenvalue weighted by Crippen LogP contribution is -2.30. The largest absolute Gasteiger partial charge is 0.481 e. The number of aliphatic hydroxyl groups excluding tert-OH is 2. The van der Waals surface area contributed by atoms with Crippen LogP contribution in [0.25, 0.3) is 0 Å². The highest BCUT2D eigenvalue weighted by molar-refractivity contribution is 5.73. The van der Waals surface area contributed by atoms with Crippen LogP contribution in [0.5, 0.6) is 0 Å².